The lowest BCUT2D eigenvalue weighted by atomic mass is 9.93. The summed E-state index contributed by atoms with van der Waals surface area (Å²) in [6.07, 6.45) is 2.33. The molecule has 1 aromatic carbocycles. The number of halogens is 1. The van der Waals surface area contributed by atoms with Gasteiger partial charge >= 0.3 is 0 Å². The molecule has 1 amide bonds. The van der Waals surface area contributed by atoms with E-state index in [0.29, 0.717) is 5.92 Å². The first kappa shape index (κ1) is 16.5. The number of benzene rings is 1. The molecule has 0 radical (unpaired) electrons. The van der Waals surface area contributed by atoms with Crippen molar-refractivity contribution >= 4 is 21.8 Å². The summed E-state index contributed by atoms with van der Waals surface area (Å²) in [4.78, 5) is 14.6. The van der Waals surface area contributed by atoms with Gasteiger partial charge in [-0.25, -0.2) is 0 Å². The van der Waals surface area contributed by atoms with Crippen LogP contribution in [0.1, 0.15) is 44.0 Å². The quantitative estimate of drug-likeness (QED) is 0.899. The average molecular weight is 353 g/mol. The topological polar surface area (TPSA) is 32.3 Å². The number of carbonyl (C=O) groups excluding carboxylic acids is 1. The summed E-state index contributed by atoms with van der Waals surface area (Å²) in [5, 5.41) is 3.07. The molecule has 1 fully saturated rings. The molecular weight excluding hydrogens is 328 g/mol. The molecule has 0 unspecified atom stereocenters. The molecule has 0 aromatic heterocycles. The number of nitrogens with zero attached hydrogens (tertiary/aromatic N) is 1. The Morgan fingerprint density at radius 1 is 1.24 bits per heavy atom. The van der Waals surface area contributed by atoms with Crippen molar-refractivity contribution in [2.45, 2.75) is 39.2 Å². The SMILES string of the molecule is CC(C)(C)N1CCC(CNC(=O)c2ccc(Br)cc2)CC1. The summed E-state index contributed by atoms with van der Waals surface area (Å²) < 4.78 is 0.994. The molecule has 1 heterocycles. The minimum Gasteiger partial charge on any atom is -0.352 e. The molecule has 21 heavy (non-hydrogen) atoms. The minimum absolute atomic E-state index is 0.0285. The van der Waals surface area contributed by atoms with Gasteiger partial charge in [-0.15, -0.1) is 0 Å². The molecule has 0 saturated carbocycles. The average Bonchev–Trinajstić information content (AvgIpc) is 2.45. The van der Waals surface area contributed by atoms with Crippen molar-refractivity contribution in [2.75, 3.05) is 19.6 Å². The van der Waals surface area contributed by atoms with Gasteiger partial charge in [-0.05, 0) is 76.9 Å². The highest BCUT2D eigenvalue weighted by molar-refractivity contribution is 9.10. The molecule has 1 aromatic rings. The summed E-state index contributed by atoms with van der Waals surface area (Å²) in [5.74, 6) is 0.628. The van der Waals surface area contributed by atoms with E-state index in [4.69, 9.17) is 0 Å². The summed E-state index contributed by atoms with van der Waals surface area (Å²) in [6.45, 7) is 9.84. The first-order chi connectivity index (χ1) is 9.86. The first-order valence-electron chi connectivity index (χ1n) is 7.65. The molecule has 0 atom stereocenters. The van der Waals surface area contributed by atoms with Crippen LogP contribution in [-0.4, -0.2) is 36.0 Å². The lowest BCUT2D eigenvalue weighted by Gasteiger charge is -2.40. The van der Waals surface area contributed by atoms with Crippen molar-refractivity contribution in [1.29, 1.82) is 0 Å². The summed E-state index contributed by atoms with van der Waals surface area (Å²) in [6, 6.07) is 7.50. The monoisotopic (exact) mass is 352 g/mol. The summed E-state index contributed by atoms with van der Waals surface area (Å²) >= 11 is 3.38. The molecule has 1 aliphatic rings. The van der Waals surface area contributed by atoms with E-state index in [2.05, 4.69) is 46.9 Å². The van der Waals surface area contributed by atoms with Crippen molar-refractivity contribution in [2.24, 2.45) is 5.92 Å². The zero-order chi connectivity index (χ0) is 15.5. The van der Waals surface area contributed by atoms with Gasteiger partial charge in [-0.3, -0.25) is 9.69 Å². The van der Waals surface area contributed by atoms with Gasteiger partial charge in [0.25, 0.3) is 5.91 Å². The Labute approximate surface area is 136 Å². The number of piperidine rings is 1. The highest BCUT2D eigenvalue weighted by Gasteiger charge is 2.26. The van der Waals surface area contributed by atoms with E-state index in [-0.39, 0.29) is 11.4 Å². The molecular formula is C17H25BrN2O. The van der Waals surface area contributed by atoms with Crippen molar-refractivity contribution in [3.8, 4) is 0 Å². The standard InChI is InChI=1S/C17H25BrN2O/c1-17(2,3)20-10-8-13(9-11-20)12-19-16(21)14-4-6-15(18)7-5-14/h4-7,13H,8-12H2,1-3H3,(H,19,21). The number of hydrogen-bond acceptors (Lipinski definition) is 2. The Hall–Kier alpha value is -0.870. The first-order valence-corrected chi connectivity index (χ1v) is 8.44. The molecule has 0 bridgehead atoms. The Kier molecular flexibility index (Phi) is 5.44. The van der Waals surface area contributed by atoms with Gasteiger partial charge in [-0.2, -0.15) is 0 Å². The predicted molar refractivity (Wildman–Crippen MR) is 90.5 cm³/mol. The maximum absolute atomic E-state index is 12.1. The van der Waals surface area contributed by atoms with Gasteiger partial charge in [0.05, 0.1) is 0 Å². The van der Waals surface area contributed by atoms with E-state index < -0.39 is 0 Å². The minimum atomic E-state index is 0.0285. The Balaban J connectivity index is 1.77. The van der Waals surface area contributed by atoms with E-state index in [0.717, 1.165) is 42.5 Å². The Bertz CT molecular complexity index is 471. The molecule has 116 valence electrons. The zero-order valence-corrected chi connectivity index (χ0v) is 14.7. The molecule has 3 nitrogen and oxygen atoms in total. The molecule has 4 heteroatoms. The maximum atomic E-state index is 12.1. The molecule has 1 aliphatic heterocycles. The number of amides is 1. The van der Waals surface area contributed by atoms with Gasteiger partial charge in [0.1, 0.15) is 0 Å². The number of likely N-dealkylation sites (tertiary alicyclic amines) is 1. The van der Waals surface area contributed by atoms with E-state index in [9.17, 15) is 4.79 Å². The van der Waals surface area contributed by atoms with Gasteiger partial charge in [-0.1, -0.05) is 15.9 Å². The van der Waals surface area contributed by atoms with E-state index in [1.54, 1.807) is 0 Å². The lowest BCUT2D eigenvalue weighted by Crippen LogP contribution is -2.47. The summed E-state index contributed by atoms with van der Waals surface area (Å²) in [7, 11) is 0. The number of nitrogens with one attached hydrogen (secondary N) is 1. The zero-order valence-electron chi connectivity index (χ0n) is 13.2. The normalized spacial score (nSPS) is 17.7. The van der Waals surface area contributed by atoms with Crippen LogP contribution in [0.25, 0.3) is 0 Å². The molecule has 0 aliphatic carbocycles. The van der Waals surface area contributed by atoms with E-state index >= 15 is 0 Å². The summed E-state index contributed by atoms with van der Waals surface area (Å²) in [5.41, 5.74) is 0.983. The van der Waals surface area contributed by atoms with Gasteiger partial charge in [0, 0.05) is 22.1 Å². The van der Waals surface area contributed by atoms with Crippen molar-refractivity contribution < 1.29 is 4.79 Å². The Morgan fingerprint density at radius 3 is 2.33 bits per heavy atom. The van der Waals surface area contributed by atoms with Crippen LogP contribution in [0.4, 0.5) is 0 Å². The van der Waals surface area contributed by atoms with Crippen LogP contribution in [0.5, 0.6) is 0 Å². The predicted octanol–water partition coefficient (Wildman–Crippen LogP) is 3.69. The van der Waals surface area contributed by atoms with Crippen LogP contribution in [0.3, 0.4) is 0 Å². The fourth-order valence-electron chi connectivity index (χ4n) is 2.75. The second-order valence-corrected chi connectivity index (χ2v) is 7.73. The fraction of sp³-hybridized carbons (Fsp3) is 0.588. The molecule has 0 spiro atoms. The highest BCUT2D eigenvalue weighted by atomic mass is 79.9. The van der Waals surface area contributed by atoms with Gasteiger partial charge in [0.15, 0.2) is 0 Å². The van der Waals surface area contributed by atoms with Crippen molar-refractivity contribution in [3.63, 3.8) is 0 Å². The van der Waals surface area contributed by atoms with Crippen LogP contribution < -0.4 is 5.32 Å². The van der Waals surface area contributed by atoms with Crippen LogP contribution in [0, 0.1) is 5.92 Å². The van der Waals surface area contributed by atoms with Crippen LogP contribution in [-0.2, 0) is 0 Å². The smallest absolute Gasteiger partial charge is 0.251 e. The van der Waals surface area contributed by atoms with Crippen molar-refractivity contribution in [1.82, 2.24) is 10.2 Å². The van der Waals surface area contributed by atoms with Crippen LogP contribution >= 0.6 is 15.9 Å². The highest BCUT2D eigenvalue weighted by Crippen LogP contribution is 2.23. The molecule has 1 N–H and O–H groups in total. The molecule has 1 saturated heterocycles. The largest absolute Gasteiger partial charge is 0.352 e. The Morgan fingerprint density at radius 2 is 1.81 bits per heavy atom. The second kappa shape index (κ2) is 6.93. The number of carbonyl (C=O) groups is 1. The molecule has 2 rings (SSSR count). The fourth-order valence-corrected chi connectivity index (χ4v) is 3.01. The maximum Gasteiger partial charge on any atom is 0.251 e. The lowest BCUT2D eigenvalue weighted by molar-refractivity contribution is 0.0818. The number of rotatable bonds is 3. The third kappa shape index (κ3) is 4.82. The van der Waals surface area contributed by atoms with Gasteiger partial charge < -0.3 is 5.32 Å². The van der Waals surface area contributed by atoms with Crippen molar-refractivity contribution in [3.05, 3.63) is 34.3 Å². The van der Waals surface area contributed by atoms with E-state index in [1.807, 2.05) is 24.3 Å². The number of hydrogen-bond donors (Lipinski definition) is 1. The third-order valence-corrected chi connectivity index (χ3v) is 4.75. The third-order valence-electron chi connectivity index (χ3n) is 4.22. The van der Waals surface area contributed by atoms with Gasteiger partial charge in [0.2, 0.25) is 0 Å². The van der Waals surface area contributed by atoms with Crippen LogP contribution in [0.15, 0.2) is 28.7 Å². The second-order valence-electron chi connectivity index (χ2n) is 6.82. The van der Waals surface area contributed by atoms with E-state index in [1.165, 1.54) is 0 Å². The van der Waals surface area contributed by atoms with Crippen LogP contribution in [0.2, 0.25) is 0 Å².